The average Bonchev–Trinajstić information content (AvgIpc) is 2.90. The van der Waals surface area contributed by atoms with Crippen LogP contribution in [0.3, 0.4) is 0 Å². The van der Waals surface area contributed by atoms with Gasteiger partial charge in [-0.3, -0.25) is 4.79 Å². The molecule has 0 aliphatic heterocycles. The van der Waals surface area contributed by atoms with Crippen LogP contribution >= 0.6 is 11.8 Å². The van der Waals surface area contributed by atoms with Crippen molar-refractivity contribution in [2.45, 2.75) is 16.8 Å². The van der Waals surface area contributed by atoms with Crippen molar-refractivity contribution in [2.24, 2.45) is 0 Å². The topological polar surface area (TPSA) is 66.0 Å². The molecule has 0 aliphatic rings. The van der Waals surface area contributed by atoms with Gasteiger partial charge >= 0.3 is 5.97 Å². The second kappa shape index (κ2) is 6.01. The minimum atomic E-state index is -0.829. The minimum Gasteiger partial charge on any atom is -0.480 e. The van der Waals surface area contributed by atoms with Crippen LogP contribution in [-0.2, 0) is 11.2 Å². The third-order valence-electron chi connectivity index (χ3n) is 3.16. The van der Waals surface area contributed by atoms with E-state index in [9.17, 15) is 9.90 Å². The van der Waals surface area contributed by atoms with Gasteiger partial charge in [-0.1, -0.05) is 54.2 Å². The number of para-hydroxylation sites is 2. The summed E-state index contributed by atoms with van der Waals surface area (Å²) in [6, 6.07) is 17.3. The van der Waals surface area contributed by atoms with Gasteiger partial charge in [0.05, 0.1) is 11.0 Å². The number of nitrogens with one attached hydrogen (secondary N) is 1. The van der Waals surface area contributed by atoms with Crippen LogP contribution < -0.4 is 0 Å². The lowest BCUT2D eigenvalue weighted by Gasteiger charge is -2.10. The number of aliphatic carboxylic acids is 1. The van der Waals surface area contributed by atoms with Crippen LogP contribution in [0.15, 0.2) is 59.8 Å². The van der Waals surface area contributed by atoms with Crippen molar-refractivity contribution in [1.82, 2.24) is 9.97 Å². The van der Waals surface area contributed by atoms with Gasteiger partial charge in [0.15, 0.2) is 5.16 Å². The number of carbonyl (C=O) groups is 1. The molecule has 21 heavy (non-hydrogen) atoms. The highest BCUT2D eigenvalue weighted by atomic mass is 32.2. The summed E-state index contributed by atoms with van der Waals surface area (Å²) in [6.07, 6.45) is 0.470. The summed E-state index contributed by atoms with van der Waals surface area (Å²) >= 11 is 1.25. The Morgan fingerprint density at radius 1 is 1.14 bits per heavy atom. The zero-order chi connectivity index (χ0) is 14.7. The van der Waals surface area contributed by atoms with E-state index < -0.39 is 11.2 Å². The summed E-state index contributed by atoms with van der Waals surface area (Å²) in [6.45, 7) is 0. The minimum absolute atomic E-state index is 0.470. The molecule has 5 heteroatoms. The number of H-pyrrole nitrogens is 1. The molecule has 0 aliphatic carbocycles. The van der Waals surface area contributed by atoms with Gasteiger partial charge < -0.3 is 10.1 Å². The molecule has 106 valence electrons. The maximum atomic E-state index is 11.5. The lowest BCUT2D eigenvalue weighted by atomic mass is 10.1. The molecule has 0 fully saturated rings. The summed E-state index contributed by atoms with van der Waals surface area (Å²) in [5.74, 6) is -0.829. The first-order valence-corrected chi connectivity index (χ1v) is 7.48. The Balaban J connectivity index is 1.80. The van der Waals surface area contributed by atoms with E-state index >= 15 is 0 Å². The van der Waals surface area contributed by atoms with E-state index in [0.29, 0.717) is 11.6 Å². The van der Waals surface area contributed by atoms with Gasteiger partial charge in [0.1, 0.15) is 5.25 Å². The van der Waals surface area contributed by atoms with Crippen LogP contribution in [0.2, 0.25) is 0 Å². The van der Waals surface area contributed by atoms with E-state index in [-0.39, 0.29) is 0 Å². The van der Waals surface area contributed by atoms with Gasteiger partial charge in [0.2, 0.25) is 0 Å². The molecule has 3 aromatic rings. The zero-order valence-electron chi connectivity index (χ0n) is 11.2. The van der Waals surface area contributed by atoms with E-state index in [2.05, 4.69) is 9.97 Å². The van der Waals surface area contributed by atoms with Crippen molar-refractivity contribution in [3.05, 3.63) is 60.2 Å². The first kappa shape index (κ1) is 13.7. The Kier molecular flexibility index (Phi) is 3.92. The number of carboxylic acids is 1. The molecule has 0 radical (unpaired) electrons. The van der Waals surface area contributed by atoms with Crippen LogP contribution in [-0.4, -0.2) is 26.3 Å². The molecule has 0 unspecified atom stereocenters. The van der Waals surface area contributed by atoms with E-state index in [1.165, 1.54) is 11.8 Å². The Morgan fingerprint density at radius 2 is 1.86 bits per heavy atom. The fourth-order valence-electron chi connectivity index (χ4n) is 2.13. The van der Waals surface area contributed by atoms with Crippen molar-refractivity contribution < 1.29 is 9.90 Å². The zero-order valence-corrected chi connectivity index (χ0v) is 12.0. The molecule has 1 heterocycles. The highest BCUT2D eigenvalue weighted by molar-refractivity contribution is 8.00. The Morgan fingerprint density at radius 3 is 2.57 bits per heavy atom. The third kappa shape index (κ3) is 3.25. The highest BCUT2D eigenvalue weighted by Crippen LogP contribution is 2.26. The number of hydrogen-bond donors (Lipinski definition) is 2. The number of thioether (sulfide) groups is 1. The maximum absolute atomic E-state index is 11.5. The number of carboxylic acid groups (broad SMARTS) is 1. The maximum Gasteiger partial charge on any atom is 0.317 e. The van der Waals surface area contributed by atoms with Crippen molar-refractivity contribution in [1.29, 1.82) is 0 Å². The molecule has 3 rings (SSSR count). The normalized spacial score (nSPS) is 12.4. The summed E-state index contributed by atoms with van der Waals surface area (Å²) in [5.41, 5.74) is 2.78. The van der Waals surface area contributed by atoms with E-state index in [1.54, 1.807) is 0 Å². The van der Waals surface area contributed by atoms with Gasteiger partial charge in [-0.2, -0.15) is 0 Å². The number of benzene rings is 2. The van der Waals surface area contributed by atoms with Crippen molar-refractivity contribution >= 4 is 28.8 Å². The van der Waals surface area contributed by atoms with Gasteiger partial charge in [-0.25, -0.2) is 4.98 Å². The van der Waals surface area contributed by atoms with Crippen LogP contribution in [0.5, 0.6) is 0 Å². The monoisotopic (exact) mass is 298 g/mol. The number of imidazole rings is 1. The first-order chi connectivity index (χ1) is 10.2. The molecule has 2 aromatic carbocycles. The molecule has 0 saturated heterocycles. The van der Waals surface area contributed by atoms with E-state index in [4.69, 9.17) is 0 Å². The smallest absolute Gasteiger partial charge is 0.317 e. The summed E-state index contributed by atoms with van der Waals surface area (Å²) in [7, 11) is 0. The lowest BCUT2D eigenvalue weighted by molar-refractivity contribution is -0.136. The number of aromatic amines is 1. The fraction of sp³-hybridized carbons (Fsp3) is 0.125. The molecule has 0 bridgehead atoms. The van der Waals surface area contributed by atoms with Gasteiger partial charge in [-0.05, 0) is 24.1 Å². The quantitative estimate of drug-likeness (QED) is 0.709. The van der Waals surface area contributed by atoms with Crippen molar-refractivity contribution in [3.8, 4) is 0 Å². The predicted molar refractivity (Wildman–Crippen MR) is 83.5 cm³/mol. The average molecular weight is 298 g/mol. The van der Waals surface area contributed by atoms with Crippen LogP contribution in [0.1, 0.15) is 5.56 Å². The standard InChI is InChI=1S/C16H14N2O2S/c19-15(20)14(10-11-6-2-1-3-7-11)21-16-17-12-8-4-5-9-13(12)18-16/h1-9,14H,10H2,(H,17,18)(H,19,20)/t14-/m1/s1. The summed E-state index contributed by atoms with van der Waals surface area (Å²) < 4.78 is 0. The van der Waals surface area contributed by atoms with E-state index in [1.807, 2.05) is 54.6 Å². The largest absolute Gasteiger partial charge is 0.480 e. The lowest BCUT2D eigenvalue weighted by Crippen LogP contribution is -2.19. The molecule has 2 N–H and O–H groups in total. The number of hydrogen-bond acceptors (Lipinski definition) is 3. The number of rotatable bonds is 5. The molecule has 1 aromatic heterocycles. The molecule has 1 atom stereocenters. The molecule has 0 spiro atoms. The molecule has 0 amide bonds. The molecular weight excluding hydrogens is 284 g/mol. The number of nitrogens with zero attached hydrogens (tertiary/aromatic N) is 1. The highest BCUT2D eigenvalue weighted by Gasteiger charge is 2.21. The van der Waals surface area contributed by atoms with Crippen LogP contribution in [0, 0.1) is 0 Å². The van der Waals surface area contributed by atoms with Crippen LogP contribution in [0.4, 0.5) is 0 Å². The van der Waals surface area contributed by atoms with Gasteiger partial charge in [-0.15, -0.1) is 0 Å². The first-order valence-electron chi connectivity index (χ1n) is 6.60. The fourth-order valence-corrected chi connectivity index (χ4v) is 3.09. The second-order valence-corrected chi connectivity index (χ2v) is 5.88. The second-order valence-electron chi connectivity index (χ2n) is 4.69. The predicted octanol–water partition coefficient (Wildman–Crippen LogP) is 3.35. The van der Waals surface area contributed by atoms with E-state index in [0.717, 1.165) is 16.6 Å². The van der Waals surface area contributed by atoms with Gasteiger partial charge in [0, 0.05) is 0 Å². The van der Waals surface area contributed by atoms with Crippen LogP contribution in [0.25, 0.3) is 11.0 Å². The SMILES string of the molecule is O=C(O)[C@@H](Cc1ccccc1)Sc1nc2ccccc2[nH]1. The number of aromatic nitrogens is 2. The van der Waals surface area contributed by atoms with Gasteiger partial charge in [0.25, 0.3) is 0 Å². The summed E-state index contributed by atoms with van der Waals surface area (Å²) in [4.78, 5) is 19.0. The molecule has 0 saturated carbocycles. The Bertz CT molecular complexity index is 722. The molecular formula is C16H14N2O2S. The summed E-state index contributed by atoms with van der Waals surface area (Å²) in [5, 5.41) is 9.48. The Labute approximate surface area is 126 Å². The van der Waals surface area contributed by atoms with Crippen molar-refractivity contribution in [2.75, 3.05) is 0 Å². The Hall–Kier alpha value is -2.27. The molecule has 4 nitrogen and oxygen atoms in total. The number of fused-ring (bicyclic) bond motifs is 1. The van der Waals surface area contributed by atoms with Crippen molar-refractivity contribution in [3.63, 3.8) is 0 Å². The third-order valence-corrected chi connectivity index (χ3v) is 4.23.